The van der Waals surface area contributed by atoms with E-state index in [2.05, 4.69) is 58.7 Å². The van der Waals surface area contributed by atoms with Gasteiger partial charge in [-0.15, -0.1) is 0 Å². The molecular formula is C88H94F9N21O7S. The summed E-state index contributed by atoms with van der Waals surface area (Å²) in [7, 11) is 1.31. The van der Waals surface area contributed by atoms with Crippen LogP contribution in [0.1, 0.15) is 157 Å². The van der Waals surface area contributed by atoms with Crippen LogP contribution in [0, 0.1) is 0 Å². The molecule has 0 spiro atoms. The van der Waals surface area contributed by atoms with Crippen molar-refractivity contribution in [2.45, 2.75) is 151 Å². The van der Waals surface area contributed by atoms with Gasteiger partial charge in [-0.1, -0.05) is 137 Å². The molecule has 15 aromatic rings. The van der Waals surface area contributed by atoms with Crippen LogP contribution in [0.25, 0.3) is 102 Å². The van der Waals surface area contributed by atoms with Crippen molar-refractivity contribution in [1.29, 1.82) is 0 Å². The van der Waals surface area contributed by atoms with Gasteiger partial charge in [0.05, 0.1) is 86.0 Å². The van der Waals surface area contributed by atoms with Crippen molar-refractivity contribution in [3.05, 3.63) is 247 Å². The zero-order chi connectivity index (χ0) is 87.5. The first-order chi connectivity index (χ1) is 58.5. The van der Waals surface area contributed by atoms with Crippen LogP contribution in [-0.2, 0) is 80.4 Å². The second-order valence-corrected chi connectivity index (χ2v) is 33.2. The molecule has 2 saturated heterocycles. The number of sulfone groups is 1. The number of hydrogen-bond acceptors (Lipinski definition) is 19. The van der Waals surface area contributed by atoms with Crippen LogP contribution in [0.2, 0.25) is 0 Å². The van der Waals surface area contributed by atoms with Gasteiger partial charge < -0.3 is 23.5 Å². The average molecular weight is 1760 g/mol. The van der Waals surface area contributed by atoms with Crippen LogP contribution in [0.15, 0.2) is 179 Å². The van der Waals surface area contributed by atoms with Gasteiger partial charge in [0.25, 0.3) is 0 Å². The monoisotopic (exact) mass is 1760 g/mol. The zero-order valence-electron chi connectivity index (χ0n) is 67.9. The Hall–Kier alpha value is -13.0. The van der Waals surface area contributed by atoms with E-state index in [1.165, 1.54) is 53.1 Å². The van der Waals surface area contributed by atoms with Crippen molar-refractivity contribution in [3.8, 4) is 68.3 Å². The Labute approximate surface area is 717 Å². The van der Waals surface area contributed by atoms with Crippen molar-refractivity contribution in [2.75, 3.05) is 31.3 Å². The minimum Gasteiger partial charge on any atom is -0.395 e. The molecule has 0 amide bonds. The summed E-state index contributed by atoms with van der Waals surface area (Å²) in [5, 5.41) is 9.55. The van der Waals surface area contributed by atoms with Crippen LogP contribution in [-0.4, -0.2) is 146 Å². The van der Waals surface area contributed by atoms with E-state index < -0.39 is 57.2 Å². The summed E-state index contributed by atoms with van der Waals surface area (Å²) in [4.78, 5) is 93.9. The molecule has 0 unspecified atom stereocenters. The van der Waals surface area contributed by atoms with E-state index in [9.17, 15) is 67.4 Å². The highest BCUT2D eigenvalue weighted by molar-refractivity contribution is 7.92. The lowest BCUT2D eigenvalue weighted by atomic mass is 10.0. The summed E-state index contributed by atoms with van der Waals surface area (Å²) >= 11 is 0. The summed E-state index contributed by atoms with van der Waals surface area (Å²) in [5.41, 5.74) is 7.50. The summed E-state index contributed by atoms with van der Waals surface area (Å²) < 4.78 is 161. The van der Waals surface area contributed by atoms with Crippen LogP contribution in [0.5, 0.6) is 0 Å². The quantitative estimate of drug-likeness (QED) is 0.0735. The molecule has 3 aromatic carbocycles. The Morgan fingerprint density at radius 1 is 0.421 bits per heavy atom. The second kappa shape index (κ2) is 36.7. The fourth-order valence-electron chi connectivity index (χ4n) is 15.3. The molecule has 0 saturated carbocycles. The number of hydrogen-bond donors (Lipinski definition) is 1. The third-order valence-corrected chi connectivity index (χ3v) is 23.1. The number of ether oxygens (including phenoxy) is 1. The number of fused-ring (bicyclic) bond motifs is 3. The lowest BCUT2D eigenvalue weighted by Gasteiger charge is -2.26. The standard InChI is InChI=1S/C30H30F3N7O2.C28H26F3N7O3S.C27H26F3N7O2.3CH4/c1-18(2)25-22(5-4-12-34-25)26-35-15-23-28(37-26)39(29(41)40(23)21-10-13-42-14-11-21)16-19-6-8-20(9-7-19)27-36-24(17-38(27)3)30(31,32)33;1-16(2)23-20(5-4-10-32-23)24-33-11-21-26(35-24)37(27(39)38(21)19-14-42(40,41)15-19)12-17-6-8-18(9-7-17)25-34-22(13-36(25)3)28(29,30)31;1-16(2)22-19(5-4-10-31-22)23-32-13-20-25(34-23)37(26(39)36(20)11-12-38)14-17-6-8-18(9-7-17)24-33-21(15-35(24)3)27(28,29)30;;;/h4-9,12,15,17-18,21H,10-11,13-14,16H2,1-3H3;4-11,13,16,19H,12,14-15H2,1-3H3;4-10,13,15-16,38H,11-12,14H2,1-3H3;3*1H4. The number of aryl methyl sites for hydroxylation is 3. The lowest BCUT2D eigenvalue weighted by Crippen LogP contribution is -2.42. The van der Waals surface area contributed by atoms with Crippen molar-refractivity contribution < 1.29 is 57.8 Å². The van der Waals surface area contributed by atoms with E-state index >= 15 is 0 Å². The number of aliphatic hydroxyl groups is 1. The van der Waals surface area contributed by atoms with Crippen LogP contribution in [0.3, 0.4) is 0 Å². The number of halogens is 9. The Morgan fingerprint density at radius 3 is 1.03 bits per heavy atom. The number of aromatic nitrogens is 21. The number of rotatable bonds is 19. The van der Waals surface area contributed by atoms with E-state index in [-0.39, 0.29) is 119 Å². The van der Waals surface area contributed by atoms with Crippen LogP contribution in [0.4, 0.5) is 39.5 Å². The molecule has 0 radical (unpaired) electrons. The van der Waals surface area contributed by atoms with Gasteiger partial charge in [-0.25, -0.2) is 67.7 Å². The summed E-state index contributed by atoms with van der Waals surface area (Å²) in [5.74, 6) is 1.93. The number of alkyl halides is 9. The van der Waals surface area contributed by atoms with Crippen molar-refractivity contribution in [1.82, 2.24) is 101 Å². The van der Waals surface area contributed by atoms with Gasteiger partial charge in [0.1, 0.15) is 34.0 Å². The average Bonchev–Trinajstić information content (AvgIpc) is 1.58. The van der Waals surface area contributed by atoms with Crippen LogP contribution < -0.4 is 17.1 Å². The van der Waals surface area contributed by atoms with Gasteiger partial charge in [0.15, 0.2) is 61.3 Å². The molecule has 12 aromatic heterocycles. The van der Waals surface area contributed by atoms with Gasteiger partial charge in [-0.2, -0.15) is 39.5 Å². The third-order valence-electron chi connectivity index (χ3n) is 21.3. The highest BCUT2D eigenvalue weighted by Gasteiger charge is 2.40. The fraction of sp³-hybridized carbons (Fsp3) is 0.352. The largest absolute Gasteiger partial charge is 0.434 e. The highest BCUT2D eigenvalue weighted by Crippen LogP contribution is 2.38. The summed E-state index contributed by atoms with van der Waals surface area (Å²) in [6, 6.07) is 31.1. The Kier molecular flexibility index (Phi) is 26.8. The number of nitrogens with zero attached hydrogens (tertiary/aromatic N) is 21. The molecule has 38 heteroatoms. The minimum atomic E-state index is -4.56. The van der Waals surface area contributed by atoms with E-state index in [0.29, 0.717) is 99.3 Å². The first kappa shape index (κ1) is 92.2. The SMILES string of the molecule is C.C.C.CC(C)c1ncccc1-c1ncc2c(n1)n(Cc1ccc(-c3nc(C(F)(F)F)cn3C)cc1)c(=O)n2C1CCOCC1.CC(C)c1ncccc1-c1ncc2c(n1)n(Cc1ccc(-c3nc(C(F)(F)F)cn3C)cc1)c(=O)n2C1CS(=O)(=O)C1.CC(C)c1ncccc1-c1ncc2c(n1)n(Cc1ccc(-c3nc(C(F)(F)F)cn3C)cc1)c(=O)n2CCO. The van der Waals surface area contributed by atoms with Crippen molar-refractivity contribution in [2.24, 2.45) is 21.1 Å². The molecule has 0 bridgehead atoms. The van der Waals surface area contributed by atoms with Gasteiger partial charge in [0, 0.05) is 111 Å². The minimum absolute atomic E-state index is 0. The molecule has 1 N–H and O–H groups in total. The predicted molar refractivity (Wildman–Crippen MR) is 460 cm³/mol. The molecular weight excluding hydrogens is 1670 g/mol. The number of imidazole rings is 6. The molecule has 662 valence electrons. The number of benzene rings is 3. The molecule has 17 rings (SSSR count). The third kappa shape index (κ3) is 18.7. The maximum atomic E-state index is 13.9. The van der Waals surface area contributed by atoms with Gasteiger partial charge in [-0.3, -0.25) is 42.4 Å². The smallest absolute Gasteiger partial charge is 0.395 e. The van der Waals surface area contributed by atoms with E-state index in [0.717, 1.165) is 63.5 Å². The molecule has 2 fully saturated rings. The molecule has 2 aliphatic heterocycles. The molecule has 14 heterocycles. The van der Waals surface area contributed by atoms with E-state index in [1.54, 1.807) is 131 Å². The molecule has 126 heavy (non-hydrogen) atoms. The second-order valence-electron chi connectivity index (χ2n) is 31.0. The van der Waals surface area contributed by atoms with Crippen LogP contribution >= 0.6 is 0 Å². The highest BCUT2D eigenvalue weighted by atomic mass is 32.2. The summed E-state index contributed by atoms with van der Waals surface area (Å²) in [6.45, 7) is 13.6. The number of pyridine rings is 3. The predicted octanol–water partition coefficient (Wildman–Crippen LogP) is 16.0. The molecule has 0 aliphatic carbocycles. The molecule has 28 nitrogen and oxygen atoms in total. The fourth-order valence-corrected chi connectivity index (χ4v) is 16.7. The lowest BCUT2D eigenvalue weighted by molar-refractivity contribution is -0.141. The van der Waals surface area contributed by atoms with E-state index in [1.807, 2.05) is 52.0 Å². The maximum Gasteiger partial charge on any atom is 0.434 e. The van der Waals surface area contributed by atoms with Gasteiger partial charge >= 0.3 is 35.6 Å². The summed E-state index contributed by atoms with van der Waals surface area (Å²) in [6.07, 6.45) is 0.625. The van der Waals surface area contributed by atoms with Gasteiger partial charge in [-0.05, 0) is 83.7 Å². The Morgan fingerprint density at radius 2 is 0.730 bits per heavy atom. The van der Waals surface area contributed by atoms with E-state index in [4.69, 9.17) is 19.7 Å². The topological polar surface area (TPSA) is 314 Å². The van der Waals surface area contributed by atoms with Crippen molar-refractivity contribution in [3.63, 3.8) is 0 Å². The number of aliphatic hydroxyl groups excluding tert-OH is 1. The van der Waals surface area contributed by atoms with Gasteiger partial charge in [0.2, 0.25) is 0 Å². The normalized spacial score (nSPS) is 13.8. The first-order valence-electron chi connectivity index (χ1n) is 39.3. The molecule has 2 aliphatic rings. The Balaban J connectivity index is 0.000000170. The maximum absolute atomic E-state index is 13.9. The van der Waals surface area contributed by atoms with Crippen molar-refractivity contribution >= 4 is 43.3 Å². The molecule has 0 atom stereocenters. The zero-order valence-corrected chi connectivity index (χ0v) is 68.7. The Bertz CT molecular complexity index is 6760. The first-order valence-corrected chi connectivity index (χ1v) is 41.1.